The lowest BCUT2D eigenvalue weighted by Crippen LogP contribution is -2.40. The highest BCUT2D eigenvalue weighted by Gasteiger charge is 2.29. The van der Waals surface area contributed by atoms with Gasteiger partial charge in [0, 0.05) is 30.1 Å². The summed E-state index contributed by atoms with van der Waals surface area (Å²) < 4.78 is 0. The maximum absolute atomic E-state index is 13.7. The van der Waals surface area contributed by atoms with E-state index in [4.69, 9.17) is 0 Å². The van der Waals surface area contributed by atoms with Crippen molar-refractivity contribution in [3.8, 4) is 0 Å². The van der Waals surface area contributed by atoms with E-state index in [2.05, 4.69) is 62.2 Å². The fourth-order valence-electron chi connectivity index (χ4n) is 6.02. The quantitative estimate of drug-likeness (QED) is 0.233. The van der Waals surface area contributed by atoms with Gasteiger partial charge in [0.15, 0.2) is 0 Å². The van der Waals surface area contributed by atoms with Crippen molar-refractivity contribution in [2.75, 3.05) is 31.1 Å². The van der Waals surface area contributed by atoms with Crippen LogP contribution in [0.15, 0.2) is 76.5 Å². The highest BCUT2D eigenvalue weighted by molar-refractivity contribution is 8.04. The van der Waals surface area contributed by atoms with Gasteiger partial charge in [-0.1, -0.05) is 73.6 Å². The van der Waals surface area contributed by atoms with Gasteiger partial charge in [-0.15, -0.1) is 0 Å². The molecular formula is C35H41N3O2S. The summed E-state index contributed by atoms with van der Waals surface area (Å²) in [4.78, 5) is 32.6. The Labute approximate surface area is 249 Å². The van der Waals surface area contributed by atoms with Gasteiger partial charge in [0.05, 0.1) is 17.1 Å². The van der Waals surface area contributed by atoms with Crippen molar-refractivity contribution in [3.63, 3.8) is 0 Å². The Kier molecular flexibility index (Phi) is 9.31. The number of rotatable bonds is 8. The zero-order valence-electron chi connectivity index (χ0n) is 24.7. The number of benzene rings is 3. The van der Waals surface area contributed by atoms with Gasteiger partial charge in [-0.05, 0) is 92.1 Å². The maximum atomic E-state index is 13.7. The molecule has 5 rings (SSSR count). The molecule has 1 saturated heterocycles. The van der Waals surface area contributed by atoms with Crippen LogP contribution in [-0.2, 0) is 11.3 Å². The number of fused-ring (bicyclic) bond motifs is 1. The number of hydrogen-bond acceptors (Lipinski definition) is 4. The molecule has 2 amide bonds. The average molecular weight is 568 g/mol. The normalized spacial score (nSPS) is 20.2. The van der Waals surface area contributed by atoms with Crippen molar-refractivity contribution in [3.05, 3.63) is 99.5 Å². The zero-order chi connectivity index (χ0) is 28.9. The molecule has 0 bridgehead atoms. The Morgan fingerprint density at radius 2 is 1.73 bits per heavy atom. The van der Waals surface area contributed by atoms with Crippen LogP contribution in [0.2, 0.25) is 0 Å². The largest absolute Gasteiger partial charge is 0.352 e. The van der Waals surface area contributed by atoms with E-state index in [1.807, 2.05) is 53.4 Å². The molecule has 1 N–H and O–H groups in total. The van der Waals surface area contributed by atoms with Gasteiger partial charge in [0.25, 0.3) is 11.8 Å². The molecule has 0 aliphatic carbocycles. The molecule has 3 aromatic rings. The monoisotopic (exact) mass is 567 g/mol. The molecule has 0 saturated carbocycles. The average Bonchev–Trinajstić information content (AvgIpc) is 2.95. The molecule has 0 unspecified atom stereocenters. The summed E-state index contributed by atoms with van der Waals surface area (Å²) in [7, 11) is 0. The second kappa shape index (κ2) is 13.1. The van der Waals surface area contributed by atoms with Crippen LogP contribution < -0.4 is 10.2 Å². The number of aryl methyl sites for hydroxylation is 2. The number of piperidine rings is 1. The van der Waals surface area contributed by atoms with Crippen LogP contribution in [0.4, 0.5) is 5.69 Å². The van der Waals surface area contributed by atoms with E-state index in [9.17, 15) is 9.59 Å². The van der Waals surface area contributed by atoms with Gasteiger partial charge < -0.3 is 15.1 Å². The molecule has 0 aromatic heterocycles. The molecule has 5 nitrogen and oxygen atoms in total. The van der Waals surface area contributed by atoms with Gasteiger partial charge in [-0.2, -0.15) is 0 Å². The minimum atomic E-state index is -0.0543. The number of nitrogens with zero attached hydrogens (tertiary/aromatic N) is 2. The van der Waals surface area contributed by atoms with Crippen LogP contribution in [0.5, 0.6) is 0 Å². The molecule has 6 heteroatoms. The van der Waals surface area contributed by atoms with Crippen LogP contribution in [0.1, 0.15) is 59.3 Å². The Morgan fingerprint density at radius 1 is 1.00 bits per heavy atom. The van der Waals surface area contributed by atoms with Gasteiger partial charge in [0.1, 0.15) is 0 Å². The van der Waals surface area contributed by atoms with Crippen LogP contribution >= 0.6 is 11.8 Å². The standard InChI is InChI=1S/C35H41N3O2S/c1-24-10-11-27(4)30(19-24)23-38-31-8-5-6-9-32(31)41-33(35(38)40)20-28-12-14-29(15-13-28)34(39)36-16-7-17-37-21-25(2)18-26(3)22-37/h5-6,8-15,19-20,25-26H,7,16-18,21-23H2,1-4H3,(H,36,39)/b33-20-/t25-,26+. The molecule has 2 aliphatic rings. The van der Waals surface area contributed by atoms with E-state index in [-0.39, 0.29) is 11.8 Å². The third-order valence-electron chi connectivity index (χ3n) is 8.02. The molecule has 41 heavy (non-hydrogen) atoms. The SMILES string of the molecule is Cc1ccc(C)c(CN2C(=O)/C(=C/c3ccc(C(=O)NCCCN4C[C@H](C)C[C@H](C)C4)cc3)Sc3ccccc32)c1. The zero-order valence-corrected chi connectivity index (χ0v) is 25.5. The molecule has 2 aliphatic heterocycles. The topological polar surface area (TPSA) is 52.7 Å². The van der Waals surface area contributed by atoms with Crippen LogP contribution in [0.25, 0.3) is 6.08 Å². The maximum Gasteiger partial charge on any atom is 0.265 e. The predicted octanol–water partition coefficient (Wildman–Crippen LogP) is 7.08. The number of hydrogen-bond donors (Lipinski definition) is 1. The van der Waals surface area contributed by atoms with E-state index in [1.54, 1.807) is 0 Å². The number of likely N-dealkylation sites (tertiary alicyclic amines) is 1. The van der Waals surface area contributed by atoms with Crippen molar-refractivity contribution >= 4 is 35.3 Å². The third kappa shape index (κ3) is 7.30. The summed E-state index contributed by atoms with van der Waals surface area (Å²) in [6.45, 7) is 13.4. The Balaban J connectivity index is 1.23. The van der Waals surface area contributed by atoms with Gasteiger partial charge in [0.2, 0.25) is 0 Å². The fraction of sp³-hybridized carbons (Fsp3) is 0.371. The predicted molar refractivity (Wildman–Crippen MR) is 170 cm³/mol. The van der Waals surface area contributed by atoms with Crippen molar-refractivity contribution in [1.82, 2.24) is 10.2 Å². The summed E-state index contributed by atoms with van der Waals surface area (Å²) >= 11 is 1.50. The van der Waals surface area contributed by atoms with Crippen LogP contribution in [0.3, 0.4) is 0 Å². The first-order valence-corrected chi connectivity index (χ1v) is 15.6. The van der Waals surface area contributed by atoms with Gasteiger partial charge in [-0.25, -0.2) is 0 Å². The lowest BCUT2D eigenvalue weighted by atomic mass is 9.92. The van der Waals surface area contributed by atoms with E-state index in [1.165, 1.54) is 29.3 Å². The molecule has 0 spiro atoms. The number of anilines is 1. The Morgan fingerprint density at radius 3 is 2.49 bits per heavy atom. The van der Waals surface area contributed by atoms with Crippen molar-refractivity contribution in [2.45, 2.75) is 52.0 Å². The molecule has 3 aromatic carbocycles. The van der Waals surface area contributed by atoms with Gasteiger partial charge in [-0.3, -0.25) is 9.59 Å². The summed E-state index contributed by atoms with van der Waals surface area (Å²) in [5, 5.41) is 3.07. The number of thioether (sulfide) groups is 1. The highest BCUT2D eigenvalue weighted by atomic mass is 32.2. The highest BCUT2D eigenvalue weighted by Crippen LogP contribution is 2.42. The smallest absolute Gasteiger partial charge is 0.265 e. The van der Waals surface area contributed by atoms with Crippen LogP contribution in [0, 0.1) is 25.7 Å². The number of carbonyl (C=O) groups is 2. The molecule has 2 atom stereocenters. The summed E-state index contributed by atoms with van der Waals surface area (Å²) in [5.74, 6) is 1.44. The number of amides is 2. The lowest BCUT2D eigenvalue weighted by molar-refractivity contribution is -0.114. The second-order valence-electron chi connectivity index (χ2n) is 11.8. The first kappa shape index (κ1) is 29.2. The number of nitrogens with one attached hydrogen (secondary N) is 1. The first-order valence-electron chi connectivity index (χ1n) is 14.7. The summed E-state index contributed by atoms with van der Waals surface area (Å²) in [6.07, 6.45) is 4.20. The van der Waals surface area contributed by atoms with Crippen LogP contribution in [-0.4, -0.2) is 42.9 Å². The minimum absolute atomic E-state index is 0.00563. The van der Waals surface area contributed by atoms with E-state index in [0.717, 1.165) is 59.6 Å². The Bertz CT molecular complexity index is 1420. The van der Waals surface area contributed by atoms with Crippen molar-refractivity contribution < 1.29 is 9.59 Å². The molecule has 214 valence electrons. The van der Waals surface area contributed by atoms with Crippen molar-refractivity contribution in [2.24, 2.45) is 11.8 Å². The number of para-hydroxylation sites is 1. The molecule has 0 radical (unpaired) electrons. The molecule has 2 heterocycles. The lowest BCUT2D eigenvalue weighted by Gasteiger charge is -2.34. The Hall–Kier alpha value is -3.35. The van der Waals surface area contributed by atoms with E-state index >= 15 is 0 Å². The van der Waals surface area contributed by atoms with E-state index < -0.39 is 0 Å². The first-order chi connectivity index (χ1) is 19.8. The minimum Gasteiger partial charge on any atom is -0.352 e. The fourth-order valence-corrected chi connectivity index (χ4v) is 7.08. The molecule has 1 fully saturated rings. The molecular weight excluding hydrogens is 526 g/mol. The summed E-state index contributed by atoms with van der Waals surface area (Å²) in [6, 6.07) is 22.0. The number of carbonyl (C=O) groups excluding carboxylic acids is 2. The van der Waals surface area contributed by atoms with Crippen molar-refractivity contribution in [1.29, 1.82) is 0 Å². The third-order valence-corrected chi connectivity index (χ3v) is 9.09. The summed E-state index contributed by atoms with van der Waals surface area (Å²) in [5.41, 5.74) is 5.98. The van der Waals surface area contributed by atoms with E-state index in [0.29, 0.717) is 23.6 Å². The second-order valence-corrected chi connectivity index (χ2v) is 12.9. The van der Waals surface area contributed by atoms with Gasteiger partial charge >= 0.3 is 0 Å².